The minimum atomic E-state index is 0.0463. The Balaban J connectivity index is 1.41. The summed E-state index contributed by atoms with van der Waals surface area (Å²) in [6, 6.07) is 39.9. The van der Waals surface area contributed by atoms with E-state index in [9.17, 15) is 0 Å². The van der Waals surface area contributed by atoms with E-state index in [1.54, 1.807) is 0 Å². The lowest BCUT2D eigenvalue weighted by Gasteiger charge is -2.19. The van der Waals surface area contributed by atoms with Crippen molar-refractivity contribution in [2.24, 2.45) is 0 Å². The Kier molecular flexibility index (Phi) is 7.54. The van der Waals surface area contributed by atoms with E-state index in [2.05, 4.69) is 187 Å². The van der Waals surface area contributed by atoms with E-state index in [0.29, 0.717) is 11.8 Å². The Labute approximate surface area is 319 Å². The normalized spacial score (nSPS) is 13.5. The quantitative estimate of drug-likeness (QED) is 0.173. The van der Waals surface area contributed by atoms with Crippen LogP contribution in [0.1, 0.15) is 109 Å². The molecule has 270 valence electrons. The van der Waals surface area contributed by atoms with E-state index in [1.807, 2.05) is 0 Å². The lowest BCUT2D eigenvalue weighted by molar-refractivity contribution is 0.590. The summed E-state index contributed by atoms with van der Waals surface area (Å²) in [6.07, 6.45) is 2.33. The highest BCUT2D eigenvalue weighted by Crippen LogP contribution is 2.40. The fourth-order valence-corrected chi connectivity index (χ4v) is 8.65. The molecule has 0 spiro atoms. The van der Waals surface area contributed by atoms with Gasteiger partial charge in [0, 0.05) is 37.8 Å². The molecule has 0 radical (unpaired) electrons. The van der Waals surface area contributed by atoms with Gasteiger partial charge >= 0.3 is 0 Å². The number of aromatic nitrogens is 2. The van der Waals surface area contributed by atoms with Crippen LogP contribution < -0.4 is 10.6 Å². The Morgan fingerprint density at radius 1 is 0.519 bits per heavy atom. The van der Waals surface area contributed by atoms with Gasteiger partial charge in [-0.25, -0.2) is 0 Å². The summed E-state index contributed by atoms with van der Waals surface area (Å²) in [7, 11) is 0. The highest BCUT2D eigenvalue weighted by atomic mass is 15.0. The number of nitrogens with zero attached hydrogens (tertiary/aromatic N) is 2. The van der Waals surface area contributed by atoms with Crippen molar-refractivity contribution in [1.29, 1.82) is 0 Å². The first kappa shape index (κ1) is 34.4. The molecule has 0 unspecified atom stereocenters. The van der Waals surface area contributed by atoms with Crippen molar-refractivity contribution in [2.45, 2.75) is 91.9 Å². The molecule has 0 amide bonds. The molecular formula is C52H52N2. The molecule has 0 saturated carbocycles. The molecule has 0 N–H and O–H groups in total. The summed E-state index contributed by atoms with van der Waals surface area (Å²) < 4.78 is 4.98. The molecule has 3 heterocycles. The third-order valence-corrected chi connectivity index (χ3v) is 12.0. The van der Waals surface area contributed by atoms with Crippen molar-refractivity contribution in [3.8, 4) is 5.69 Å². The van der Waals surface area contributed by atoms with Gasteiger partial charge in [-0.2, -0.15) is 0 Å². The van der Waals surface area contributed by atoms with Gasteiger partial charge in [0.1, 0.15) is 0 Å². The summed E-state index contributed by atoms with van der Waals surface area (Å²) >= 11 is 0. The van der Waals surface area contributed by atoms with Crippen LogP contribution >= 0.6 is 0 Å². The smallest absolute Gasteiger partial charge is 0.0621 e. The largest absolute Gasteiger partial charge is 0.309 e. The monoisotopic (exact) mass is 704 g/mol. The topological polar surface area (TPSA) is 9.34 Å². The lowest BCUT2D eigenvalue weighted by atomic mass is 9.85. The minimum Gasteiger partial charge on any atom is -0.309 e. The van der Waals surface area contributed by atoms with Gasteiger partial charge < -0.3 is 8.97 Å². The molecule has 0 atom stereocenters. The Morgan fingerprint density at radius 2 is 1.07 bits per heavy atom. The van der Waals surface area contributed by atoms with Gasteiger partial charge in [0.15, 0.2) is 0 Å². The highest BCUT2D eigenvalue weighted by Gasteiger charge is 2.23. The third-order valence-electron chi connectivity index (χ3n) is 12.0. The molecule has 0 bridgehead atoms. The van der Waals surface area contributed by atoms with Crippen molar-refractivity contribution in [3.63, 3.8) is 0 Å². The maximum absolute atomic E-state index is 4.82. The highest BCUT2D eigenvalue weighted by molar-refractivity contribution is 6.19. The van der Waals surface area contributed by atoms with Crippen LogP contribution in [0.3, 0.4) is 0 Å². The van der Waals surface area contributed by atoms with Crippen molar-refractivity contribution >= 4 is 72.4 Å². The molecule has 0 aliphatic carbocycles. The average Bonchev–Trinajstić information content (AvgIpc) is 3.72. The first-order valence-corrected chi connectivity index (χ1v) is 19.8. The van der Waals surface area contributed by atoms with Crippen LogP contribution in [0.5, 0.6) is 0 Å². The SMILES string of the molecule is C=c1/c(=C\c2ccc(C(C)C)cc2)n2c3cc4ccc(C(C)C)cc4cc3c3cc(-n4c5ccc(C(C)(C)C)cc5c5cc(C(C)(C)C)ccc54)cc1c32. The zero-order valence-electron chi connectivity index (χ0n) is 33.6. The van der Waals surface area contributed by atoms with Crippen LogP contribution in [0.4, 0.5) is 0 Å². The predicted octanol–water partition coefficient (Wildman–Crippen LogP) is 13.0. The number of fused-ring (bicyclic) bond motifs is 7. The number of rotatable bonds is 4. The van der Waals surface area contributed by atoms with Crippen molar-refractivity contribution < 1.29 is 0 Å². The van der Waals surface area contributed by atoms with Crippen LogP contribution in [-0.4, -0.2) is 8.97 Å². The molecule has 9 aromatic rings. The van der Waals surface area contributed by atoms with Gasteiger partial charge in [0.2, 0.25) is 0 Å². The van der Waals surface area contributed by atoms with Gasteiger partial charge in [0.05, 0.1) is 27.4 Å². The van der Waals surface area contributed by atoms with Gasteiger partial charge in [-0.05, 0) is 116 Å². The van der Waals surface area contributed by atoms with Gasteiger partial charge in [-0.15, -0.1) is 0 Å². The van der Waals surface area contributed by atoms with E-state index in [-0.39, 0.29) is 10.8 Å². The van der Waals surface area contributed by atoms with E-state index < -0.39 is 0 Å². The summed E-state index contributed by atoms with van der Waals surface area (Å²) in [5.74, 6) is 0.964. The fraction of sp³-hybridized carbons (Fsp3) is 0.269. The molecule has 3 aromatic heterocycles. The molecule has 0 saturated heterocycles. The first-order chi connectivity index (χ1) is 25.6. The van der Waals surface area contributed by atoms with Crippen LogP contribution in [0.25, 0.3) is 78.1 Å². The molecule has 0 fully saturated rings. The average molecular weight is 705 g/mol. The maximum Gasteiger partial charge on any atom is 0.0621 e. The summed E-state index contributed by atoms with van der Waals surface area (Å²) in [5.41, 5.74) is 12.8. The van der Waals surface area contributed by atoms with E-state index in [1.165, 1.54) is 93.3 Å². The molecule has 6 aromatic carbocycles. The lowest BCUT2D eigenvalue weighted by Crippen LogP contribution is -2.24. The van der Waals surface area contributed by atoms with Gasteiger partial charge in [0.25, 0.3) is 0 Å². The Bertz CT molecular complexity index is 2990. The van der Waals surface area contributed by atoms with E-state index in [0.717, 1.165) is 10.6 Å². The molecular weight excluding hydrogens is 653 g/mol. The van der Waals surface area contributed by atoms with Crippen LogP contribution in [0.15, 0.2) is 103 Å². The first-order valence-electron chi connectivity index (χ1n) is 19.8. The number of hydrogen-bond acceptors (Lipinski definition) is 0. The molecule has 9 rings (SSSR count). The van der Waals surface area contributed by atoms with Crippen molar-refractivity contribution in [3.05, 3.63) is 142 Å². The van der Waals surface area contributed by atoms with Crippen LogP contribution in [-0.2, 0) is 10.8 Å². The van der Waals surface area contributed by atoms with Gasteiger partial charge in [-0.1, -0.05) is 130 Å². The Morgan fingerprint density at radius 3 is 1.65 bits per heavy atom. The van der Waals surface area contributed by atoms with Crippen molar-refractivity contribution in [1.82, 2.24) is 8.97 Å². The maximum atomic E-state index is 4.82. The third kappa shape index (κ3) is 5.29. The summed E-state index contributed by atoms with van der Waals surface area (Å²) in [5, 5.41) is 11.1. The van der Waals surface area contributed by atoms with Crippen molar-refractivity contribution in [2.75, 3.05) is 0 Å². The van der Waals surface area contributed by atoms with E-state index in [4.69, 9.17) is 6.58 Å². The summed E-state index contributed by atoms with van der Waals surface area (Å²) in [4.78, 5) is 0. The molecule has 0 aliphatic heterocycles. The molecule has 2 heteroatoms. The second-order valence-electron chi connectivity index (χ2n) is 18.5. The second kappa shape index (κ2) is 11.8. The number of benzene rings is 6. The van der Waals surface area contributed by atoms with Crippen LogP contribution in [0, 0.1) is 0 Å². The minimum absolute atomic E-state index is 0.0463. The Hall–Kier alpha value is -5.34. The predicted molar refractivity (Wildman–Crippen MR) is 236 cm³/mol. The van der Waals surface area contributed by atoms with Crippen LogP contribution in [0.2, 0.25) is 0 Å². The summed E-state index contributed by atoms with van der Waals surface area (Å²) in [6.45, 7) is 27.7. The number of hydrogen-bond donors (Lipinski definition) is 0. The fourth-order valence-electron chi connectivity index (χ4n) is 8.65. The standard InChI is InChI=1S/C52H52N2/c1-30(2)34-14-12-33(13-15-34)22-48-32(5)41-28-40(29-45-42-24-37-23-35(31(3)4)16-17-36(37)25-49(42)54(48)50(41)45)53-46-20-18-38(51(6,7)8)26-43(46)44-27-39(52(9,10)11)19-21-47(44)53/h12-31H,5H2,1-4,6-11H3/b48-22+. The van der Waals surface area contributed by atoms with Gasteiger partial charge in [-0.3, -0.25) is 0 Å². The zero-order chi connectivity index (χ0) is 38.0. The molecule has 2 nitrogen and oxygen atoms in total. The molecule has 54 heavy (non-hydrogen) atoms. The second-order valence-corrected chi connectivity index (χ2v) is 18.5. The molecule has 0 aliphatic rings. The van der Waals surface area contributed by atoms with E-state index >= 15 is 0 Å². The zero-order valence-corrected chi connectivity index (χ0v) is 33.6.